The van der Waals surface area contributed by atoms with E-state index in [4.69, 9.17) is 0 Å². The fourth-order valence-corrected chi connectivity index (χ4v) is 0.671. The Hall–Kier alpha value is -0.851. The van der Waals surface area contributed by atoms with E-state index in [0.717, 1.165) is 0 Å². The molecule has 0 radical (unpaired) electrons. The molecule has 0 aliphatic carbocycles. The van der Waals surface area contributed by atoms with E-state index in [1.54, 1.807) is 12.1 Å². The van der Waals surface area contributed by atoms with Crippen LogP contribution in [-0.4, -0.2) is 0 Å². The van der Waals surface area contributed by atoms with Crippen LogP contribution in [0.2, 0.25) is 0 Å². The fraction of sp³-hybridized carbons (Fsp3) is 0. The van der Waals surface area contributed by atoms with Crippen molar-refractivity contribution >= 4 is 0 Å². The average Bonchev–Trinajstić information content (AvgIpc) is 2.57. The van der Waals surface area contributed by atoms with Crippen molar-refractivity contribution in [2.45, 2.75) is 0 Å². The molecule has 2 aromatic rings. The van der Waals surface area contributed by atoms with Crippen LogP contribution < -0.4 is 0 Å². The smallest absolute Gasteiger partial charge is 0.284 e. The summed E-state index contributed by atoms with van der Waals surface area (Å²) in [4.78, 5) is 0. The molecule has 0 aliphatic heterocycles. The van der Waals surface area contributed by atoms with Crippen molar-refractivity contribution in [2.75, 3.05) is 0 Å². The Balaban J connectivity index is 0.000000189. The number of hydrogen-bond donors (Lipinski definition) is 0. The molecule has 0 fully saturated rings. The zero-order chi connectivity index (χ0) is 7.94. The second-order valence-electron chi connectivity index (χ2n) is 2.07. The molecule has 0 aliphatic rings. The Kier molecular flexibility index (Phi) is 6.35. The first-order chi connectivity index (χ1) is 5.39. The quantitative estimate of drug-likeness (QED) is 0.457. The predicted octanol–water partition coefficient (Wildman–Crippen LogP) is 2.95. The molecule has 0 atom stereocenters. The zero-order valence-corrected chi connectivity index (χ0v) is 7.53. The van der Waals surface area contributed by atoms with Gasteiger partial charge in [0.15, 0.2) is 0 Å². The van der Waals surface area contributed by atoms with Gasteiger partial charge in [0, 0.05) is 5.82 Å². The maximum Gasteiger partial charge on any atom is 2.00 e. The first-order valence-electron chi connectivity index (χ1n) is 3.43. The first-order valence-corrected chi connectivity index (χ1v) is 3.43. The van der Waals surface area contributed by atoms with Crippen molar-refractivity contribution in [3.8, 4) is 0 Å². The summed E-state index contributed by atoms with van der Waals surface area (Å²) < 4.78 is 11.7. The van der Waals surface area contributed by atoms with Gasteiger partial charge in [-0.2, -0.15) is 18.2 Å². The van der Waals surface area contributed by atoms with E-state index in [9.17, 15) is 4.39 Å². The van der Waals surface area contributed by atoms with Crippen LogP contribution in [0, 0.1) is 5.82 Å². The largest absolute Gasteiger partial charge is 2.00 e. The Morgan fingerprint density at radius 1 is 0.917 bits per heavy atom. The van der Waals surface area contributed by atoms with Crippen LogP contribution in [0.25, 0.3) is 0 Å². The van der Waals surface area contributed by atoms with Crippen LogP contribution in [0.5, 0.6) is 0 Å². The van der Waals surface area contributed by atoms with Crippen molar-refractivity contribution in [3.05, 3.63) is 60.4 Å². The van der Waals surface area contributed by atoms with Gasteiger partial charge < -0.3 is 0 Å². The van der Waals surface area contributed by atoms with E-state index < -0.39 is 0 Å². The molecule has 2 rings (SSSR count). The zero-order valence-electron chi connectivity index (χ0n) is 6.43. The second kappa shape index (κ2) is 6.83. The summed E-state index contributed by atoms with van der Waals surface area (Å²) in [5.74, 6) is -0.157. The van der Waals surface area contributed by atoms with E-state index >= 15 is 0 Å². The molecule has 0 saturated carbocycles. The van der Waals surface area contributed by atoms with Crippen LogP contribution in [0.1, 0.15) is 0 Å². The molecule has 12 heavy (non-hydrogen) atoms. The van der Waals surface area contributed by atoms with Crippen molar-refractivity contribution in [1.29, 1.82) is 0 Å². The third kappa shape index (κ3) is 4.89. The molecule has 0 unspecified atom stereocenters. The van der Waals surface area contributed by atoms with Crippen LogP contribution in [0.3, 0.4) is 0 Å². The molecule has 0 nitrogen and oxygen atoms in total. The molecular formula is C10H9FFe. The van der Waals surface area contributed by atoms with E-state index in [0.29, 0.717) is 0 Å². The Morgan fingerprint density at radius 2 is 1.42 bits per heavy atom. The van der Waals surface area contributed by atoms with Crippen molar-refractivity contribution in [3.63, 3.8) is 0 Å². The molecule has 0 heterocycles. The summed E-state index contributed by atoms with van der Waals surface area (Å²) in [5, 5.41) is 0. The van der Waals surface area contributed by atoms with E-state index in [1.165, 1.54) is 12.1 Å². The van der Waals surface area contributed by atoms with Crippen LogP contribution in [-0.2, 0) is 17.1 Å². The summed E-state index contributed by atoms with van der Waals surface area (Å²) in [6.07, 6.45) is 0. The summed E-state index contributed by atoms with van der Waals surface area (Å²) in [6, 6.07) is 16.2. The number of halogens is 1. The van der Waals surface area contributed by atoms with Gasteiger partial charge in [-0.25, -0.2) is 24.3 Å². The minimum atomic E-state index is -0.157. The summed E-state index contributed by atoms with van der Waals surface area (Å²) in [7, 11) is 0. The van der Waals surface area contributed by atoms with Gasteiger partial charge in [0.25, 0.3) is 0 Å². The molecule has 2 heteroatoms. The van der Waals surface area contributed by atoms with Gasteiger partial charge >= 0.3 is 17.1 Å². The van der Waals surface area contributed by atoms with Gasteiger partial charge in [0.05, 0.1) is 0 Å². The standard InChI is InChI=1S/C5H4F.C5H5.Fe/c6-5-3-1-2-4-5;1-2-4-5-3-1;/h1-4H;1-5H;/q2*-1;+2. The van der Waals surface area contributed by atoms with Crippen molar-refractivity contribution in [2.24, 2.45) is 0 Å². The maximum absolute atomic E-state index is 11.7. The van der Waals surface area contributed by atoms with Gasteiger partial charge in [-0.15, -0.1) is 12.1 Å². The van der Waals surface area contributed by atoms with Gasteiger partial charge in [-0.05, 0) is 0 Å². The van der Waals surface area contributed by atoms with E-state index in [-0.39, 0.29) is 22.9 Å². The monoisotopic (exact) mass is 204 g/mol. The van der Waals surface area contributed by atoms with Gasteiger partial charge in [0.2, 0.25) is 0 Å². The fourth-order valence-electron chi connectivity index (χ4n) is 0.671. The summed E-state index contributed by atoms with van der Waals surface area (Å²) in [6.45, 7) is 0. The minimum absolute atomic E-state index is 0. The third-order valence-corrected chi connectivity index (χ3v) is 1.18. The second-order valence-corrected chi connectivity index (χ2v) is 2.07. The van der Waals surface area contributed by atoms with Gasteiger partial charge in [0.1, 0.15) is 0 Å². The van der Waals surface area contributed by atoms with Gasteiger partial charge in [-0.1, -0.05) is 0 Å². The Labute approximate surface area is 82.2 Å². The third-order valence-electron chi connectivity index (χ3n) is 1.18. The molecular weight excluding hydrogens is 195 g/mol. The first kappa shape index (κ1) is 11.1. The molecule has 0 saturated heterocycles. The minimum Gasteiger partial charge on any atom is -0.284 e. The van der Waals surface area contributed by atoms with Crippen LogP contribution >= 0.6 is 0 Å². The molecule has 0 aromatic heterocycles. The molecule has 0 bridgehead atoms. The Morgan fingerprint density at radius 3 is 1.58 bits per heavy atom. The summed E-state index contributed by atoms with van der Waals surface area (Å²) >= 11 is 0. The molecule has 0 N–H and O–H groups in total. The number of rotatable bonds is 0. The van der Waals surface area contributed by atoms with Gasteiger partial charge in [-0.3, -0.25) is 4.39 Å². The SMILES string of the molecule is F[c-]1cccc1.[Fe+2].c1cc[cH-]c1. The van der Waals surface area contributed by atoms with Crippen molar-refractivity contribution < 1.29 is 21.5 Å². The molecule has 64 valence electrons. The Bertz CT molecular complexity index is 228. The molecule has 0 spiro atoms. The van der Waals surface area contributed by atoms with E-state index in [2.05, 4.69) is 0 Å². The normalized spacial score (nSPS) is 7.75. The average molecular weight is 204 g/mol. The predicted molar refractivity (Wildman–Crippen MR) is 44.0 cm³/mol. The topological polar surface area (TPSA) is 0 Å². The van der Waals surface area contributed by atoms with Crippen molar-refractivity contribution in [1.82, 2.24) is 0 Å². The molecule has 2 aromatic carbocycles. The van der Waals surface area contributed by atoms with E-state index in [1.807, 2.05) is 30.3 Å². The van der Waals surface area contributed by atoms with Crippen LogP contribution in [0.15, 0.2) is 54.6 Å². The summed E-state index contributed by atoms with van der Waals surface area (Å²) in [5.41, 5.74) is 0. The molecule has 0 amide bonds. The maximum atomic E-state index is 11.7. The van der Waals surface area contributed by atoms with Crippen LogP contribution in [0.4, 0.5) is 4.39 Å². The number of hydrogen-bond acceptors (Lipinski definition) is 0.